The van der Waals surface area contributed by atoms with Crippen LogP contribution in [0.25, 0.3) is 10.9 Å². The van der Waals surface area contributed by atoms with E-state index in [0.717, 1.165) is 18.7 Å². The van der Waals surface area contributed by atoms with Crippen LogP contribution in [0.3, 0.4) is 0 Å². The highest BCUT2D eigenvalue weighted by Gasteiger charge is 2.20. The number of hydrogen-bond donors (Lipinski definition) is 1. The van der Waals surface area contributed by atoms with Crippen LogP contribution < -0.4 is 10.9 Å². The first-order chi connectivity index (χ1) is 8.66. The fraction of sp³-hybridized carbons (Fsp3) is 0.385. The second-order valence-corrected chi connectivity index (χ2v) is 5.13. The van der Waals surface area contributed by atoms with Crippen LogP contribution in [0.1, 0.15) is 5.56 Å². The second-order valence-electron chi connectivity index (χ2n) is 4.79. The predicted molar refractivity (Wildman–Crippen MR) is 72.1 cm³/mol. The number of halogens is 1. The summed E-state index contributed by atoms with van der Waals surface area (Å²) in [7, 11) is 0. The molecule has 0 unspecified atom stereocenters. The van der Waals surface area contributed by atoms with Crippen molar-refractivity contribution in [3.8, 4) is 0 Å². The van der Waals surface area contributed by atoms with Crippen molar-refractivity contribution in [2.45, 2.75) is 13.5 Å². The zero-order valence-electron chi connectivity index (χ0n) is 10.1. The number of aromatic nitrogens is 2. The van der Waals surface area contributed by atoms with E-state index in [1.807, 2.05) is 25.1 Å². The van der Waals surface area contributed by atoms with Crippen LogP contribution in [-0.4, -0.2) is 22.6 Å². The monoisotopic (exact) mass is 263 g/mol. The molecule has 1 fully saturated rings. The Kier molecular flexibility index (Phi) is 2.84. The summed E-state index contributed by atoms with van der Waals surface area (Å²) in [5.74, 6) is 0.476. The third-order valence-electron chi connectivity index (χ3n) is 3.45. The van der Waals surface area contributed by atoms with Gasteiger partial charge < -0.3 is 5.32 Å². The molecule has 0 bridgehead atoms. The minimum absolute atomic E-state index is 0.0411. The van der Waals surface area contributed by atoms with E-state index in [9.17, 15) is 4.79 Å². The van der Waals surface area contributed by atoms with E-state index >= 15 is 0 Å². The number of aryl methyl sites for hydroxylation is 1. The average molecular weight is 264 g/mol. The van der Waals surface area contributed by atoms with Crippen molar-refractivity contribution in [3.05, 3.63) is 39.4 Å². The van der Waals surface area contributed by atoms with Gasteiger partial charge in [0.25, 0.3) is 5.56 Å². The molecule has 18 heavy (non-hydrogen) atoms. The zero-order valence-corrected chi connectivity index (χ0v) is 10.9. The van der Waals surface area contributed by atoms with Gasteiger partial charge in [-0.3, -0.25) is 9.36 Å². The molecule has 3 rings (SSSR count). The van der Waals surface area contributed by atoms with Gasteiger partial charge in [0.1, 0.15) is 0 Å². The Morgan fingerprint density at radius 1 is 1.50 bits per heavy atom. The van der Waals surface area contributed by atoms with Gasteiger partial charge in [-0.05, 0) is 30.2 Å². The Labute approximate surface area is 110 Å². The van der Waals surface area contributed by atoms with Gasteiger partial charge >= 0.3 is 0 Å². The minimum Gasteiger partial charge on any atom is -0.316 e. The van der Waals surface area contributed by atoms with Gasteiger partial charge in [0.05, 0.1) is 10.9 Å². The molecular formula is C13H14ClN3O. The van der Waals surface area contributed by atoms with Gasteiger partial charge in [0, 0.05) is 25.6 Å². The number of fused-ring (bicyclic) bond motifs is 1. The van der Waals surface area contributed by atoms with Crippen molar-refractivity contribution < 1.29 is 0 Å². The molecule has 0 radical (unpaired) electrons. The lowest BCUT2D eigenvalue weighted by Crippen LogP contribution is -2.45. The van der Waals surface area contributed by atoms with Gasteiger partial charge in [-0.15, -0.1) is 0 Å². The molecule has 5 heteroatoms. The topological polar surface area (TPSA) is 46.9 Å². The SMILES string of the molecule is Cc1cccc2c(=O)n(CC3CNC3)c(Cl)nc12. The van der Waals surface area contributed by atoms with E-state index in [-0.39, 0.29) is 10.8 Å². The molecule has 4 nitrogen and oxygen atoms in total. The molecule has 0 spiro atoms. The maximum Gasteiger partial charge on any atom is 0.262 e. The van der Waals surface area contributed by atoms with Crippen LogP contribution in [0, 0.1) is 12.8 Å². The number of nitrogens with zero attached hydrogens (tertiary/aromatic N) is 2. The van der Waals surface area contributed by atoms with Crippen molar-refractivity contribution in [3.63, 3.8) is 0 Å². The highest BCUT2D eigenvalue weighted by atomic mass is 35.5. The van der Waals surface area contributed by atoms with Crippen LogP contribution >= 0.6 is 11.6 Å². The molecule has 0 aliphatic carbocycles. The molecule has 1 saturated heterocycles. The lowest BCUT2D eigenvalue weighted by atomic mass is 10.0. The standard InChI is InChI=1S/C13H14ClN3O/c1-8-3-2-4-10-11(8)16-13(14)17(12(10)18)7-9-5-15-6-9/h2-4,9,15H,5-7H2,1H3. The van der Waals surface area contributed by atoms with Gasteiger partial charge in [0.2, 0.25) is 5.28 Å². The highest BCUT2D eigenvalue weighted by Crippen LogP contribution is 2.17. The molecule has 0 amide bonds. The van der Waals surface area contributed by atoms with E-state index in [0.29, 0.717) is 23.4 Å². The molecule has 1 aromatic heterocycles. The normalized spacial score (nSPS) is 15.9. The number of nitrogens with one attached hydrogen (secondary N) is 1. The van der Waals surface area contributed by atoms with Gasteiger partial charge in [-0.2, -0.15) is 0 Å². The summed E-state index contributed by atoms with van der Waals surface area (Å²) in [5.41, 5.74) is 1.64. The number of hydrogen-bond acceptors (Lipinski definition) is 3. The third-order valence-corrected chi connectivity index (χ3v) is 3.74. The third kappa shape index (κ3) is 1.82. The highest BCUT2D eigenvalue weighted by molar-refractivity contribution is 6.28. The molecule has 2 aromatic rings. The number of rotatable bonds is 2. The molecule has 1 aromatic carbocycles. The summed E-state index contributed by atoms with van der Waals surface area (Å²) in [5, 5.41) is 4.12. The van der Waals surface area contributed by atoms with E-state index in [1.165, 1.54) is 0 Å². The molecule has 94 valence electrons. The number of benzene rings is 1. The Morgan fingerprint density at radius 3 is 2.94 bits per heavy atom. The van der Waals surface area contributed by atoms with E-state index in [2.05, 4.69) is 10.3 Å². The second kappa shape index (κ2) is 4.37. The summed E-state index contributed by atoms with van der Waals surface area (Å²) < 4.78 is 1.58. The number of para-hydroxylation sites is 1. The summed E-state index contributed by atoms with van der Waals surface area (Å²) in [6, 6.07) is 5.62. The Balaban J connectivity index is 2.17. The maximum atomic E-state index is 12.4. The zero-order chi connectivity index (χ0) is 12.7. The van der Waals surface area contributed by atoms with Crippen LogP contribution in [-0.2, 0) is 6.54 Å². The molecule has 1 aliphatic rings. The lowest BCUT2D eigenvalue weighted by molar-refractivity contribution is 0.303. The molecule has 0 saturated carbocycles. The molecule has 1 N–H and O–H groups in total. The smallest absolute Gasteiger partial charge is 0.262 e. The summed E-state index contributed by atoms with van der Waals surface area (Å²) in [4.78, 5) is 16.8. The first-order valence-corrected chi connectivity index (χ1v) is 6.41. The van der Waals surface area contributed by atoms with Gasteiger partial charge in [0.15, 0.2) is 0 Å². The van der Waals surface area contributed by atoms with Crippen molar-refractivity contribution in [2.75, 3.05) is 13.1 Å². The fourth-order valence-electron chi connectivity index (χ4n) is 2.26. The molecule has 1 aliphatic heterocycles. The van der Waals surface area contributed by atoms with Crippen molar-refractivity contribution in [1.82, 2.24) is 14.9 Å². The van der Waals surface area contributed by atoms with Gasteiger partial charge in [-0.1, -0.05) is 12.1 Å². The molecular weight excluding hydrogens is 250 g/mol. The van der Waals surface area contributed by atoms with Gasteiger partial charge in [-0.25, -0.2) is 4.98 Å². The first kappa shape index (κ1) is 11.7. The maximum absolute atomic E-state index is 12.4. The fourth-order valence-corrected chi connectivity index (χ4v) is 2.49. The van der Waals surface area contributed by atoms with Crippen LogP contribution in [0.2, 0.25) is 5.28 Å². The first-order valence-electron chi connectivity index (χ1n) is 6.03. The Hall–Kier alpha value is -1.39. The summed E-state index contributed by atoms with van der Waals surface area (Å²) >= 11 is 6.14. The van der Waals surface area contributed by atoms with E-state index in [1.54, 1.807) is 4.57 Å². The quantitative estimate of drug-likeness (QED) is 0.837. The van der Waals surface area contributed by atoms with E-state index in [4.69, 9.17) is 11.6 Å². The van der Waals surface area contributed by atoms with Crippen LogP contribution in [0.4, 0.5) is 0 Å². The largest absolute Gasteiger partial charge is 0.316 e. The summed E-state index contributed by atoms with van der Waals surface area (Å²) in [6.45, 7) is 4.45. The lowest BCUT2D eigenvalue weighted by Gasteiger charge is -2.27. The average Bonchev–Trinajstić information content (AvgIpc) is 2.28. The Morgan fingerprint density at radius 2 is 2.28 bits per heavy atom. The summed E-state index contributed by atoms with van der Waals surface area (Å²) in [6.07, 6.45) is 0. The van der Waals surface area contributed by atoms with Crippen molar-refractivity contribution in [2.24, 2.45) is 5.92 Å². The molecule has 0 atom stereocenters. The van der Waals surface area contributed by atoms with Crippen molar-refractivity contribution in [1.29, 1.82) is 0 Å². The predicted octanol–water partition coefficient (Wildman–Crippen LogP) is 1.58. The van der Waals surface area contributed by atoms with Crippen LogP contribution in [0.5, 0.6) is 0 Å². The van der Waals surface area contributed by atoms with Crippen LogP contribution in [0.15, 0.2) is 23.0 Å². The Bertz CT molecular complexity index is 661. The van der Waals surface area contributed by atoms with E-state index < -0.39 is 0 Å². The van der Waals surface area contributed by atoms with Crippen molar-refractivity contribution >= 4 is 22.5 Å². The minimum atomic E-state index is -0.0411. The molecule has 2 heterocycles.